The number of nitrogens with zero attached hydrogens (tertiary/aromatic N) is 1. The normalized spacial score (nSPS) is 20.0. The van der Waals surface area contributed by atoms with Gasteiger partial charge < -0.3 is 11.1 Å². The molecule has 0 aliphatic heterocycles. The van der Waals surface area contributed by atoms with E-state index in [4.69, 9.17) is 5.73 Å². The van der Waals surface area contributed by atoms with Crippen molar-refractivity contribution in [2.75, 3.05) is 13.1 Å². The van der Waals surface area contributed by atoms with Crippen LogP contribution in [0.2, 0.25) is 0 Å². The number of amides is 1. The Bertz CT molecular complexity index is 288. The summed E-state index contributed by atoms with van der Waals surface area (Å²) in [7, 11) is 0. The third-order valence-electron chi connectivity index (χ3n) is 4.79. The Morgan fingerprint density at radius 1 is 1.24 bits per heavy atom. The Labute approximate surface area is 130 Å². The number of hydrogen-bond donors (Lipinski definition) is 2. The molecule has 4 nitrogen and oxygen atoms in total. The lowest BCUT2D eigenvalue weighted by Gasteiger charge is -2.36. The van der Waals surface area contributed by atoms with Gasteiger partial charge in [-0.2, -0.15) is 0 Å². The molecule has 0 spiro atoms. The Morgan fingerprint density at radius 3 is 2.38 bits per heavy atom. The molecule has 1 aliphatic carbocycles. The van der Waals surface area contributed by atoms with Gasteiger partial charge in [-0.05, 0) is 46.1 Å². The first kappa shape index (κ1) is 18.4. The van der Waals surface area contributed by atoms with Gasteiger partial charge in [0.2, 0.25) is 5.91 Å². The van der Waals surface area contributed by atoms with Gasteiger partial charge in [-0.25, -0.2) is 0 Å². The first-order valence-corrected chi connectivity index (χ1v) is 8.86. The Hall–Kier alpha value is -0.610. The summed E-state index contributed by atoms with van der Waals surface area (Å²) in [5.74, 6) is 0.172. The van der Waals surface area contributed by atoms with Crippen LogP contribution >= 0.6 is 0 Å². The van der Waals surface area contributed by atoms with Gasteiger partial charge in [0.1, 0.15) is 0 Å². The van der Waals surface area contributed by atoms with Crippen LogP contribution in [0.25, 0.3) is 0 Å². The fourth-order valence-electron chi connectivity index (χ4n) is 3.17. The van der Waals surface area contributed by atoms with E-state index < -0.39 is 0 Å². The summed E-state index contributed by atoms with van der Waals surface area (Å²) in [5, 5.41) is 3.13. The molecule has 2 atom stereocenters. The third-order valence-corrected chi connectivity index (χ3v) is 4.79. The van der Waals surface area contributed by atoms with E-state index in [1.165, 1.54) is 38.5 Å². The first-order chi connectivity index (χ1) is 10.1. The Balaban J connectivity index is 2.67. The van der Waals surface area contributed by atoms with Gasteiger partial charge in [0.25, 0.3) is 0 Å². The molecule has 0 bridgehead atoms. The summed E-state index contributed by atoms with van der Waals surface area (Å²) < 4.78 is 0. The van der Waals surface area contributed by atoms with Gasteiger partial charge in [0.15, 0.2) is 0 Å². The second-order valence-corrected chi connectivity index (χ2v) is 6.52. The van der Waals surface area contributed by atoms with Crippen molar-refractivity contribution in [3.63, 3.8) is 0 Å². The molecular formula is C17H35N3O. The highest BCUT2D eigenvalue weighted by Crippen LogP contribution is 2.23. The van der Waals surface area contributed by atoms with Crippen molar-refractivity contribution >= 4 is 5.91 Å². The number of hydrogen-bond acceptors (Lipinski definition) is 3. The molecule has 1 fully saturated rings. The van der Waals surface area contributed by atoms with Crippen LogP contribution in [0.1, 0.15) is 72.1 Å². The number of rotatable bonds is 8. The molecule has 0 aromatic rings. The Kier molecular flexibility index (Phi) is 8.93. The molecule has 1 saturated carbocycles. The smallest absolute Gasteiger partial charge is 0.237 e. The minimum Gasteiger partial charge on any atom is -0.352 e. The molecule has 124 valence electrons. The highest BCUT2D eigenvalue weighted by atomic mass is 16.2. The highest BCUT2D eigenvalue weighted by Gasteiger charge is 2.28. The van der Waals surface area contributed by atoms with Crippen LogP contribution in [0.15, 0.2) is 0 Å². The molecule has 3 N–H and O–H groups in total. The zero-order valence-corrected chi connectivity index (χ0v) is 14.2. The van der Waals surface area contributed by atoms with Gasteiger partial charge in [-0.3, -0.25) is 9.69 Å². The predicted octanol–water partition coefficient (Wildman–Crippen LogP) is 2.66. The molecule has 0 heterocycles. The molecule has 21 heavy (non-hydrogen) atoms. The molecule has 0 aromatic heterocycles. The lowest BCUT2D eigenvalue weighted by Crippen LogP contribution is -2.51. The van der Waals surface area contributed by atoms with E-state index in [2.05, 4.69) is 31.0 Å². The summed E-state index contributed by atoms with van der Waals surface area (Å²) in [4.78, 5) is 14.9. The molecule has 1 amide bonds. The van der Waals surface area contributed by atoms with Crippen LogP contribution in [-0.2, 0) is 4.79 Å². The monoisotopic (exact) mass is 297 g/mol. The van der Waals surface area contributed by atoms with Crippen LogP contribution in [0.5, 0.6) is 0 Å². The SMILES string of the molecule is CCC(C)NC(=O)C(C)N(CCCN)C1CCCCCC1. The van der Waals surface area contributed by atoms with E-state index in [-0.39, 0.29) is 18.0 Å². The zero-order chi connectivity index (χ0) is 15.7. The van der Waals surface area contributed by atoms with Crippen molar-refractivity contribution in [3.05, 3.63) is 0 Å². The summed E-state index contributed by atoms with van der Waals surface area (Å²) in [5.41, 5.74) is 5.69. The number of nitrogens with one attached hydrogen (secondary N) is 1. The van der Waals surface area contributed by atoms with Gasteiger partial charge in [-0.1, -0.05) is 32.6 Å². The summed E-state index contributed by atoms with van der Waals surface area (Å²) in [6.07, 6.45) is 9.68. The number of carbonyl (C=O) groups is 1. The maximum absolute atomic E-state index is 12.5. The van der Waals surface area contributed by atoms with Gasteiger partial charge in [0, 0.05) is 18.6 Å². The molecule has 0 saturated heterocycles. The summed E-state index contributed by atoms with van der Waals surface area (Å²) in [6, 6.07) is 0.760. The highest BCUT2D eigenvalue weighted by molar-refractivity contribution is 5.81. The topological polar surface area (TPSA) is 58.4 Å². The van der Waals surface area contributed by atoms with Crippen molar-refractivity contribution < 1.29 is 4.79 Å². The van der Waals surface area contributed by atoms with Crippen LogP contribution < -0.4 is 11.1 Å². The van der Waals surface area contributed by atoms with Crippen LogP contribution in [-0.4, -0.2) is 42.0 Å². The maximum Gasteiger partial charge on any atom is 0.237 e. The predicted molar refractivity (Wildman–Crippen MR) is 89.2 cm³/mol. The molecule has 0 radical (unpaired) electrons. The summed E-state index contributed by atoms with van der Waals surface area (Å²) >= 11 is 0. The van der Waals surface area contributed by atoms with E-state index in [0.29, 0.717) is 12.6 Å². The molecule has 0 aromatic carbocycles. The molecule has 4 heteroatoms. The second kappa shape index (κ2) is 10.2. The van der Waals surface area contributed by atoms with Crippen molar-refractivity contribution in [2.45, 2.75) is 90.3 Å². The van der Waals surface area contributed by atoms with E-state index in [1.54, 1.807) is 0 Å². The van der Waals surface area contributed by atoms with E-state index >= 15 is 0 Å². The fraction of sp³-hybridized carbons (Fsp3) is 0.941. The average molecular weight is 297 g/mol. The Morgan fingerprint density at radius 2 is 1.86 bits per heavy atom. The van der Waals surface area contributed by atoms with Crippen molar-refractivity contribution in [2.24, 2.45) is 5.73 Å². The van der Waals surface area contributed by atoms with Crippen molar-refractivity contribution in [1.29, 1.82) is 0 Å². The van der Waals surface area contributed by atoms with Crippen molar-refractivity contribution in [3.8, 4) is 0 Å². The van der Waals surface area contributed by atoms with Gasteiger partial charge >= 0.3 is 0 Å². The zero-order valence-electron chi connectivity index (χ0n) is 14.2. The average Bonchev–Trinajstić information content (AvgIpc) is 2.76. The largest absolute Gasteiger partial charge is 0.352 e. The van der Waals surface area contributed by atoms with Crippen LogP contribution in [0.4, 0.5) is 0 Å². The lowest BCUT2D eigenvalue weighted by atomic mass is 10.0. The van der Waals surface area contributed by atoms with Gasteiger partial charge in [-0.15, -0.1) is 0 Å². The van der Waals surface area contributed by atoms with E-state index in [0.717, 1.165) is 19.4 Å². The maximum atomic E-state index is 12.5. The molecule has 2 unspecified atom stereocenters. The molecular weight excluding hydrogens is 262 g/mol. The first-order valence-electron chi connectivity index (χ1n) is 8.86. The number of carbonyl (C=O) groups excluding carboxylic acids is 1. The minimum atomic E-state index is -0.0475. The lowest BCUT2D eigenvalue weighted by molar-refractivity contribution is -0.127. The standard InChI is InChI=1S/C17H35N3O/c1-4-14(2)19-17(21)15(3)20(13-9-12-18)16-10-7-5-6-8-11-16/h14-16H,4-13,18H2,1-3H3,(H,19,21). The summed E-state index contributed by atoms with van der Waals surface area (Å²) in [6.45, 7) is 7.87. The molecule has 1 aliphatic rings. The van der Waals surface area contributed by atoms with E-state index in [1.807, 2.05) is 0 Å². The third kappa shape index (κ3) is 6.35. The number of nitrogens with two attached hydrogens (primary N) is 1. The quantitative estimate of drug-likeness (QED) is 0.677. The minimum absolute atomic E-state index is 0.0475. The van der Waals surface area contributed by atoms with E-state index in [9.17, 15) is 4.79 Å². The van der Waals surface area contributed by atoms with Gasteiger partial charge in [0.05, 0.1) is 6.04 Å². The fourth-order valence-corrected chi connectivity index (χ4v) is 3.17. The molecule has 1 rings (SSSR count). The van der Waals surface area contributed by atoms with Crippen LogP contribution in [0.3, 0.4) is 0 Å². The van der Waals surface area contributed by atoms with Crippen molar-refractivity contribution in [1.82, 2.24) is 10.2 Å². The van der Waals surface area contributed by atoms with Crippen LogP contribution in [0, 0.1) is 0 Å². The second-order valence-electron chi connectivity index (χ2n) is 6.52.